The van der Waals surface area contributed by atoms with Crippen LogP contribution in [0, 0.1) is 0 Å². The molecule has 0 bridgehead atoms. The van der Waals surface area contributed by atoms with Crippen LogP contribution >= 0.6 is 0 Å². The fourth-order valence-electron chi connectivity index (χ4n) is 2.94. The van der Waals surface area contributed by atoms with E-state index in [0.717, 1.165) is 19.5 Å². The molecule has 114 valence electrons. The maximum absolute atomic E-state index is 12.0. The maximum Gasteiger partial charge on any atom is 0.328 e. The lowest BCUT2D eigenvalue weighted by Gasteiger charge is -2.25. The van der Waals surface area contributed by atoms with Gasteiger partial charge in [0.2, 0.25) is 0 Å². The van der Waals surface area contributed by atoms with E-state index in [1.54, 1.807) is 4.90 Å². The van der Waals surface area contributed by atoms with E-state index in [-0.39, 0.29) is 0 Å². The number of amides is 2. The van der Waals surface area contributed by atoms with Crippen LogP contribution in [0.5, 0.6) is 0 Å². The van der Waals surface area contributed by atoms with Gasteiger partial charge >= 0.3 is 12.0 Å². The Morgan fingerprint density at radius 3 is 2.45 bits per heavy atom. The van der Waals surface area contributed by atoms with Crippen LogP contribution in [0.15, 0.2) is 0 Å². The summed E-state index contributed by atoms with van der Waals surface area (Å²) in [6.45, 7) is 4.81. The standard InChI is InChI=1S/C13H23N3O4/c1-9(17)11(12(18)19)14-13(20)16-7-4-10(8-16)15-5-2-3-6-15/h9-11,17H,2-8H2,1H3,(H,14,20)(H,18,19)/t9-,10?,11+/m1/s1. The van der Waals surface area contributed by atoms with Gasteiger partial charge in [0.1, 0.15) is 0 Å². The third-order valence-corrected chi connectivity index (χ3v) is 4.14. The van der Waals surface area contributed by atoms with Gasteiger partial charge < -0.3 is 20.4 Å². The number of aliphatic carboxylic acids is 1. The highest BCUT2D eigenvalue weighted by Crippen LogP contribution is 2.20. The number of nitrogens with zero attached hydrogens (tertiary/aromatic N) is 2. The highest BCUT2D eigenvalue weighted by Gasteiger charge is 2.33. The fraction of sp³-hybridized carbons (Fsp3) is 0.846. The molecule has 0 aromatic carbocycles. The molecule has 7 nitrogen and oxygen atoms in total. The number of nitrogens with one attached hydrogen (secondary N) is 1. The SMILES string of the molecule is C[C@@H](O)[C@H](NC(=O)N1CCC(N2CCCC2)C1)C(=O)O. The third-order valence-electron chi connectivity index (χ3n) is 4.14. The zero-order valence-electron chi connectivity index (χ0n) is 11.8. The van der Waals surface area contributed by atoms with Gasteiger partial charge in [-0.2, -0.15) is 0 Å². The first kappa shape index (κ1) is 15.1. The normalized spacial score (nSPS) is 26.5. The van der Waals surface area contributed by atoms with Crippen LogP contribution in [0.3, 0.4) is 0 Å². The average Bonchev–Trinajstić information content (AvgIpc) is 3.04. The minimum Gasteiger partial charge on any atom is -0.480 e. The Kier molecular flexibility index (Phi) is 4.82. The Bertz CT molecular complexity index is 369. The van der Waals surface area contributed by atoms with Crippen LogP contribution in [-0.4, -0.2) is 76.4 Å². The molecule has 2 aliphatic rings. The minimum absolute atomic E-state index is 0.387. The number of hydrogen-bond donors (Lipinski definition) is 3. The summed E-state index contributed by atoms with van der Waals surface area (Å²) in [4.78, 5) is 27.0. The number of rotatable bonds is 4. The van der Waals surface area contributed by atoms with Crippen LogP contribution < -0.4 is 5.32 Å². The van der Waals surface area contributed by atoms with Crippen molar-refractivity contribution < 1.29 is 19.8 Å². The maximum atomic E-state index is 12.0. The van der Waals surface area contributed by atoms with Crippen molar-refractivity contribution in [2.45, 2.75) is 44.4 Å². The van der Waals surface area contributed by atoms with Crippen molar-refractivity contribution in [3.05, 3.63) is 0 Å². The van der Waals surface area contributed by atoms with Gasteiger partial charge in [0, 0.05) is 19.1 Å². The molecule has 7 heteroatoms. The quantitative estimate of drug-likeness (QED) is 0.659. The monoisotopic (exact) mass is 285 g/mol. The van der Waals surface area contributed by atoms with Crippen molar-refractivity contribution >= 4 is 12.0 Å². The summed E-state index contributed by atoms with van der Waals surface area (Å²) in [7, 11) is 0. The van der Waals surface area contributed by atoms with Gasteiger partial charge in [-0.25, -0.2) is 9.59 Å². The summed E-state index contributed by atoms with van der Waals surface area (Å²) < 4.78 is 0. The Balaban J connectivity index is 1.85. The molecular formula is C13H23N3O4. The van der Waals surface area contributed by atoms with Crippen molar-refractivity contribution in [2.75, 3.05) is 26.2 Å². The van der Waals surface area contributed by atoms with Gasteiger partial charge in [0.05, 0.1) is 6.10 Å². The molecule has 2 aliphatic heterocycles. The lowest BCUT2D eigenvalue weighted by Crippen LogP contribution is -2.52. The lowest BCUT2D eigenvalue weighted by molar-refractivity contribution is -0.141. The molecule has 0 saturated carbocycles. The van der Waals surface area contributed by atoms with E-state index in [0.29, 0.717) is 19.1 Å². The first-order valence-electron chi connectivity index (χ1n) is 7.19. The molecule has 2 fully saturated rings. The fourth-order valence-corrected chi connectivity index (χ4v) is 2.94. The largest absolute Gasteiger partial charge is 0.480 e. The smallest absolute Gasteiger partial charge is 0.328 e. The van der Waals surface area contributed by atoms with Gasteiger partial charge in [-0.15, -0.1) is 0 Å². The van der Waals surface area contributed by atoms with Gasteiger partial charge in [0.15, 0.2) is 6.04 Å². The van der Waals surface area contributed by atoms with E-state index < -0.39 is 24.1 Å². The van der Waals surface area contributed by atoms with Crippen molar-refractivity contribution in [2.24, 2.45) is 0 Å². The molecule has 2 heterocycles. The number of likely N-dealkylation sites (tertiary alicyclic amines) is 2. The van der Waals surface area contributed by atoms with Crippen molar-refractivity contribution in [3.63, 3.8) is 0 Å². The molecule has 3 N–H and O–H groups in total. The van der Waals surface area contributed by atoms with Gasteiger partial charge in [-0.1, -0.05) is 0 Å². The second-order valence-corrected chi connectivity index (χ2v) is 5.64. The van der Waals surface area contributed by atoms with E-state index in [4.69, 9.17) is 5.11 Å². The molecule has 0 aromatic rings. The minimum atomic E-state index is -1.26. The summed E-state index contributed by atoms with van der Waals surface area (Å²) in [5.41, 5.74) is 0. The van der Waals surface area contributed by atoms with Crippen LogP contribution in [0.1, 0.15) is 26.2 Å². The third kappa shape index (κ3) is 3.40. The highest BCUT2D eigenvalue weighted by molar-refractivity contribution is 5.83. The molecular weight excluding hydrogens is 262 g/mol. The molecule has 0 radical (unpaired) electrons. The molecule has 2 amide bonds. The predicted octanol–water partition coefficient (Wildman–Crippen LogP) is -0.300. The molecule has 0 aliphatic carbocycles. The molecule has 2 rings (SSSR count). The molecule has 1 unspecified atom stereocenters. The second-order valence-electron chi connectivity index (χ2n) is 5.64. The number of urea groups is 1. The van der Waals surface area contributed by atoms with Gasteiger partial charge in [-0.05, 0) is 39.3 Å². The van der Waals surface area contributed by atoms with Crippen LogP contribution in [-0.2, 0) is 4.79 Å². The second kappa shape index (κ2) is 6.41. The van der Waals surface area contributed by atoms with E-state index in [2.05, 4.69) is 10.2 Å². The Labute approximate surface area is 118 Å². The Morgan fingerprint density at radius 2 is 1.90 bits per heavy atom. The van der Waals surface area contributed by atoms with Crippen molar-refractivity contribution in [1.29, 1.82) is 0 Å². The van der Waals surface area contributed by atoms with E-state index in [1.807, 2.05) is 0 Å². The molecule has 0 spiro atoms. The number of carboxylic acid groups (broad SMARTS) is 1. The summed E-state index contributed by atoms with van der Waals surface area (Å²) in [6, 6.07) is -1.27. The molecule has 0 aromatic heterocycles. The summed E-state index contributed by atoms with van der Waals surface area (Å²) in [6.07, 6.45) is 2.24. The van der Waals surface area contributed by atoms with Gasteiger partial charge in [-0.3, -0.25) is 4.90 Å². The zero-order valence-corrected chi connectivity index (χ0v) is 11.8. The summed E-state index contributed by atoms with van der Waals surface area (Å²) in [5.74, 6) is -1.22. The van der Waals surface area contributed by atoms with E-state index in [9.17, 15) is 14.7 Å². The molecule has 20 heavy (non-hydrogen) atoms. The summed E-state index contributed by atoms with van der Waals surface area (Å²) >= 11 is 0. The first-order chi connectivity index (χ1) is 9.49. The highest BCUT2D eigenvalue weighted by atomic mass is 16.4. The lowest BCUT2D eigenvalue weighted by atomic mass is 10.2. The topological polar surface area (TPSA) is 93.1 Å². The number of carboxylic acids is 1. The van der Waals surface area contributed by atoms with Gasteiger partial charge in [0.25, 0.3) is 0 Å². The Morgan fingerprint density at radius 1 is 1.25 bits per heavy atom. The average molecular weight is 285 g/mol. The predicted molar refractivity (Wildman–Crippen MR) is 72.4 cm³/mol. The van der Waals surface area contributed by atoms with Crippen LogP contribution in [0.25, 0.3) is 0 Å². The first-order valence-corrected chi connectivity index (χ1v) is 7.19. The number of aliphatic hydroxyl groups excluding tert-OH is 1. The van der Waals surface area contributed by atoms with Crippen molar-refractivity contribution in [3.8, 4) is 0 Å². The molecule has 2 saturated heterocycles. The number of hydrogen-bond acceptors (Lipinski definition) is 4. The van der Waals surface area contributed by atoms with E-state index in [1.165, 1.54) is 19.8 Å². The van der Waals surface area contributed by atoms with Crippen LogP contribution in [0.2, 0.25) is 0 Å². The molecule has 3 atom stereocenters. The van der Waals surface area contributed by atoms with Crippen LogP contribution in [0.4, 0.5) is 4.79 Å². The number of carbonyl (C=O) groups is 2. The van der Waals surface area contributed by atoms with E-state index >= 15 is 0 Å². The zero-order chi connectivity index (χ0) is 14.7. The Hall–Kier alpha value is -1.34. The van der Waals surface area contributed by atoms with Crippen molar-refractivity contribution in [1.82, 2.24) is 15.1 Å². The number of aliphatic hydroxyl groups is 1. The number of carbonyl (C=O) groups excluding carboxylic acids is 1. The summed E-state index contributed by atoms with van der Waals surface area (Å²) in [5, 5.41) is 20.7.